The molecule has 1 aromatic carbocycles. The Bertz CT molecular complexity index is 1080. The average Bonchev–Trinajstić information content (AvgIpc) is 2.86. The smallest absolute Gasteiger partial charge is 0.347 e. The maximum atomic E-state index is 13.3. The molecule has 0 aliphatic heterocycles. The van der Waals surface area contributed by atoms with Crippen LogP contribution in [0.1, 0.15) is 69.7 Å². The fraction of sp³-hybridized carbons (Fsp3) is 0.567. The number of hydrogen-bond acceptors (Lipinski definition) is 8. The van der Waals surface area contributed by atoms with E-state index in [0.29, 0.717) is 30.6 Å². The minimum absolute atomic E-state index is 0.0164. The number of benzene rings is 1. The number of esters is 1. The van der Waals surface area contributed by atoms with E-state index in [1.165, 1.54) is 6.92 Å². The maximum Gasteiger partial charge on any atom is 0.347 e. The number of rotatable bonds is 13. The van der Waals surface area contributed by atoms with E-state index >= 15 is 0 Å². The van der Waals surface area contributed by atoms with Gasteiger partial charge in [0, 0.05) is 12.3 Å². The molecule has 2 aliphatic carbocycles. The number of ketones is 1. The van der Waals surface area contributed by atoms with Gasteiger partial charge in [0.05, 0.1) is 30.3 Å². The van der Waals surface area contributed by atoms with Crippen LogP contribution in [0.5, 0.6) is 5.75 Å². The third-order valence-corrected chi connectivity index (χ3v) is 7.60. The Morgan fingerprint density at radius 2 is 1.85 bits per heavy atom. The molecule has 0 saturated heterocycles. The first kappa shape index (κ1) is 30.5. The molecule has 0 heterocycles. The number of para-hydroxylation sites is 1. The minimum atomic E-state index is -1.13. The van der Waals surface area contributed by atoms with Crippen LogP contribution in [-0.4, -0.2) is 68.7 Å². The van der Waals surface area contributed by atoms with Gasteiger partial charge in [0.2, 0.25) is 0 Å². The predicted octanol–water partition coefficient (Wildman–Crippen LogP) is 3.45. The van der Waals surface area contributed by atoms with Gasteiger partial charge in [0.1, 0.15) is 11.9 Å². The highest BCUT2D eigenvalue weighted by Crippen LogP contribution is 2.44. The topological polar surface area (TPSA) is 151 Å². The quantitative estimate of drug-likeness (QED) is 0.216. The summed E-state index contributed by atoms with van der Waals surface area (Å²) in [5.41, 5.74) is 1.24. The van der Waals surface area contributed by atoms with Gasteiger partial charge in [0.15, 0.2) is 11.9 Å². The Kier molecular flexibility index (Phi) is 10.9. The standard InChI is InChI=1S/C30H40O9/c1-4-25(38-26-8-6-5-7-24(26)18(3)31)30(37)39-27-15-21(33)13-19-10-9-17(2)23(29(19)27)12-11-20(32)14-22(34)16-28(35)36/h5-10,13,17,20-23,25,27,29,32-34H,4,11-12,14-16H2,1-3H3,(H,35,36)/t17-,20-,21-,22-,23+,25+,27+,29+/m1/s1. The monoisotopic (exact) mass is 544 g/mol. The van der Waals surface area contributed by atoms with Crippen molar-refractivity contribution < 1.29 is 44.3 Å². The van der Waals surface area contributed by atoms with Crippen molar-refractivity contribution in [3.63, 3.8) is 0 Å². The molecule has 0 spiro atoms. The number of Topliss-reactive ketones (excluding diaryl/α,β-unsaturated/α-hetero) is 1. The third-order valence-electron chi connectivity index (χ3n) is 7.60. The molecule has 0 aromatic heterocycles. The summed E-state index contributed by atoms with van der Waals surface area (Å²) in [7, 11) is 0. The normalized spacial score (nSPS) is 26.5. The van der Waals surface area contributed by atoms with Gasteiger partial charge in [-0.3, -0.25) is 9.59 Å². The molecule has 1 aromatic rings. The SMILES string of the molecule is CC[C@H](Oc1ccccc1C(C)=O)C(=O)O[C@H]1C[C@H](O)C=C2C=C[C@@H](C)[C@H](CC[C@@H](O)C[C@@H](O)CC(=O)O)[C@H]21. The minimum Gasteiger partial charge on any atom is -0.481 e. The van der Waals surface area contributed by atoms with Gasteiger partial charge in [-0.25, -0.2) is 4.79 Å². The molecular weight excluding hydrogens is 504 g/mol. The van der Waals surface area contributed by atoms with Crippen molar-refractivity contribution in [2.75, 3.05) is 0 Å². The van der Waals surface area contributed by atoms with E-state index in [4.69, 9.17) is 14.6 Å². The number of carboxylic acids is 1. The van der Waals surface area contributed by atoms with E-state index in [-0.39, 0.29) is 36.4 Å². The van der Waals surface area contributed by atoms with Gasteiger partial charge in [-0.05, 0) is 62.1 Å². The summed E-state index contributed by atoms with van der Waals surface area (Å²) >= 11 is 0. The highest BCUT2D eigenvalue weighted by atomic mass is 16.6. The highest BCUT2D eigenvalue weighted by molar-refractivity contribution is 5.96. The summed E-state index contributed by atoms with van der Waals surface area (Å²) < 4.78 is 11.9. The second kappa shape index (κ2) is 13.9. The molecule has 0 unspecified atom stereocenters. The average molecular weight is 545 g/mol. The number of carboxylic acid groups (broad SMARTS) is 1. The van der Waals surface area contributed by atoms with E-state index in [0.717, 1.165) is 5.57 Å². The molecule has 0 radical (unpaired) electrons. The zero-order valence-electron chi connectivity index (χ0n) is 22.7. The summed E-state index contributed by atoms with van der Waals surface area (Å²) in [6.45, 7) is 5.27. The Balaban J connectivity index is 1.73. The van der Waals surface area contributed by atoms with Gasteiger partial charge in [-0.15, -0.1) is 0 Å². The van der Waals surface area contributed by atoms with E-state index in [9.17, 15) is 29.7 Å². The lowest BCUT2D eigenvalue weighted by molar-refractivity contribution is -0.163. The Morgan fingerprint density at radius 1 is 1.13 bits per heavy atom. The number of aliphatic hydroxyl groups is 3. The van der Waals surface area contributed by atoms with Crippen molar-refractivity contribution in [3.8, 4) is 5.75 Å². The number of carbonyl (C=O) groups excluding carboxylic acids is 2. The summed E-state index contributed by atoms with van der Waals surface area (Å²) in [6, 6.07) is 6.73. The largest absolute Gasteiger partial charge is 0.481 e. The van der Waals surface area contributed by atoms with Crippen LogP contribution in [0.25, 0.3) is 0 Å². The molecular formula is C30H40O9. The number of aliphatic hydroxyl groups excluding tert-OH is 3. The molecule has 0 saturated carbocycles. The summed E-state index contributed by atoms with van der Waals surface area (Å²) in [4.78, 5) is 36.1. The number of allylic oxidation sites excluding steroid dienone is 2. The van der Waals surface area contributed by atoms with E-state index in [1.54, 1.807) is 37.3 Å². The number of fused-ring (bicyclic) bond motifs is 1. The van der Waals surface area contributed by atoms with Crippen LogP contribution in [0.3, 0.4) is 0 Å². The lowest BCUT2D eigenvalue weighted by Gasteiger charge is -2.43. The second-order valence-electron chi connectivity index (χ2n) is 10.6. The first-order chi connectivity index (χ1) is 18.5. The molecule has 39 heavy (non-hydrogen) atoms. The molecule has 214 valence electrons. The zero-order chi connectivity index (χ0) is 28.7. The van der Waals surface area contributed by atoms with Crippen molar-refractivity contribution in [2.24, 2.45) is 17.8 Å². The molecule has 3 rings (SSSR count). The van der Waals surface area contributed by atoms with E-state index < -0.39 is 48.9 Å². The molecule has 0 bridgehead atoms. The van der Waals surface area contributed by atoms with E-state index in [2.05, 4.69) is 0 Å². The zero-order valence-corrected chi connectivity index (χ0v) is 22.7. The van der Waals surface area contributed by atoms with Crippen molar-refractivity contribution in [3.05, 3.63) is 53.6 Å². The molecule has 8 atom stereocenters. The number of carbonyl (C=O) groups is 3. The van der Waals surface area contributed by atoms with Crippen molar-refractivity contribution in [1.29, 1.82) is 0 Å². The fourth-order valence-electron chi connectivity index (χ4n) is 5.63. The van der Waals surface area contributed by atoms with Gasteiger partial charge < -0.3 is 29.9 Å². The molecule has 2 aliphatic rings. The van der Waals surface area contributed by atoms with Crippen LogP contribution in [0.2, 0.25) is 0 Å². The first-order valence-electron chi connectivity index (χ1n) is 13.6. The van der Waals surface area contributed by atoms with Crippen LogP contribution in [0, 0.1) is 17.8 Å². The van der Waals surface area contributed by atoms with Crippen LogP contribution in [0.15, 0.2) is 48.1 Å². The Morgan fingerprint density at radius 3 is 2.51 bits per heavy atom. The van der Waals surface area contributed by atoms with Crippen LogP contribution in [-0.2, 0) is 14.3 Å². The van der Waals surface area contributed by atoms with E-state index in [1.807, 2.05) is 19.1 Å². The molecule has 9 nitrogen and oxygen atoms in total. The molecule has 0 amide bonds. The van der Waals surface area contributed by atoms with Gasteiger partial charge in [-0.1, -0.05) is 44.2 Å². The van der Waals surface area contributed by atoms with Gasteiger partial charge in [0.25, 0.3) is 0 Å². The molecule has 9 heteroatoms. The number of hydrogen-bond donors (Lipinski definition) is 4. The summed E-state index contributed by atoms with van der Waals surface area (Å²) in [6.07, 6.45) is 2.36. The molecule has 4 N–H and O–H groups in total. The van der Waals surface area contributed by atoms with Crippen LogP contribution in [0.4, 0.5) is 0 Å². The van der Waals surface area contributed by atoms with Gasteiger partial charge >= 0.3 is 11.9 Å². The number of aliphatic carboxylic acids is 1. The van der Waals surface area contributed by atoms with Crippen molar-refractivity contribution in [1.82, 2.24) is 0 Å². The summed E-state index contributed by atoms with van der Waals surface area (Å²) in [5, 5.41) is 39.7. The van der Waals surface area contributed by atoms with Crippen molar-refractivity contribution in [2.45, 2.75) is 89.8 Å². The third kappa shape index (κ3) is 8.24. The summed E-state index contributed by atoms with van der Waals surface area (Å²) in [5.74, 6) is -1.70. The number of ether oxygens (including phenoxy) is 2. The maximum absolute atomic E-state index is 13.3. The molecule has 0 fully saturated rings. The van der Waals surface area contributed by atoms with Crippen LogP contribution >= 0.6 is 0 Å². The predicted molar refractivity (Wildman–Crippen MR) is 143 cm³/mol. The Hall–Kier alpha value is -3.01. The Labute approximate surface area is 229 Å². The second-order valence-corrected chi connectivity index (χ2v) is 10.6. The highest BCUT2D eigenvalue weighted by Gasteiger charge is 2.42. The van der Waals surface area contributed by atoms with Gasteiger partial charge in [-0.2, -0.15) is 0 Å². The fourth-order valence-corrected chi connectivity index (χ4v) is 5.63. The lowest BCUT2D eigenvalue weighted by Crippen LogP contribution is -2.44. The first-order valence-corrected chi connectivity index (χ1v) is 13.6. The van der Waals surface area contributed by atoms with Crippen LogP contribution < -0.4 is 4.74 Å². The lowest BCUT2D eigenvalue weighted by atomic mass is 9.66. The van der Waals surface area contributed by atoms with Crippen molar-refractivity contribution >= 4 is 17.7 Å².